The van der Waals surface area contributed by atoms with Gasteiger partial charge in [-0.25, -0.2) is 8.42 Å². The third kappa shape index (κ3) is 3.62. The Labute approximate surface area is 138 Å². The lowest BCUT2D eigenvalue weighted by Gasteiger charge is -2.22. The van der Waals surface area contributed by atoms with Crippen LogP contribution in [0.1, 0.15) is 30.6 Å². The van der Waals surface area contributed by atoms with Crippen molar-refractivity contribution in [3.63, 3.8) is 0 Å². The maximum absolute atomic E-state index is 12.7. The molecule has 1 amide bonds. The molecule has 1 heterocycles. The molecular formula is C15H23ClN2O3S. The molecule has 0 radical (unpaired) electrons. The van der Waals surface area contributed by atoms with E-state index in [0.717, 1.165) is 6.42 Å². The third-order valence-electron chi connectivity index (χ3n) is 4.09. The zero-order valence-corrected chi connectivity index (χ0v) is 14.5. The van der Waals surface area contributed by atoms with Gasteiger partial charge < -0.3 is 10.6 Å². The summed E-state index contributed by atoms with van der Waals surface area (Å²) in [7, 11) is -3.41. The summed E-state index contributed by atoms with van der Waals surface area (Å²) in [6.45, 7) is 4.70. The summed E-state index contributed by atoms with van der Waals surface area (Å²) >= 11 is 0. The standard InChI is InChI=1S/C15H22N2O3S.ClH/c1-3-21(19,20)14-7-5-4-6-13(14)15(18)17-10-12(9-16)8-11(17)2;/h4-7,11-12H,3,8-10,16H2,1-2H3;1H. The SMILES string of the molecule is CCS(=O)(=O)c1ccccc1C(=O)N1CC(CN)CC1C.Cl. The number of carbonyl (C=O) groups is 1. The quantitative estimate of drug-likeness (QED) is 0.900. The van der Waals surface area contributed by atoms with Gasteiger partial charge >= 0.3 is 0 Å². The minimum Gasteiger partial charge on any atom is -0.336 e. The fraction of sp³-hybridized carbons (Fsp3) is 0.533. The molecule has 2 atom stereocenters. The van der Waals surface area contributed by atoms with Crippen LogP contribution < -0.4 is 5.73 Å². The van der Waals surface area contributed by atoms with E-state index in [-0.39, 0.29) is 40.6 Å². The van der Waals surface area contributed by atoms with Gasteiger partial charge in [-0.3, -0.25) is 4.79 Å². The van der Waals surface area contributed by atoms with Gasteiger partial charge in [-0.05, 0) is 37.9 Å². The minimum atomic E-state index is -3.41. The Hall–Kier alpha value is -1.11. The number of benzene rings is 1. The molecule has 0 saturated carbocycles. The van der Waals surface area contributed by atoms with Crippen molar-refractivity contribution in [2.75, 3.05) is 18.8 Å². The lowest BCUT2D eigenvalue weighted by Crippen LogP contribution is -2.35. The average Bonchev–Trinajstić information content (AvgIpc) is 2.87. The van der Waals surface area contributed by atoms with Crippen molar-refractivity contribution in [2.24, 2.45) is 11.7 Å². The van der Waals surface area contributed by atoms with Crippen molar-refractivity contribution in [1.29, 1.82) is 0 Å². The second kappa shape index (κ2) is 7.44. The summed E-state index contributed by atoms with van der Waals surface area (Å²) in [5.74, 6) is 0.0584. The third-order valence-corrected chi connectivity index (χ3v) is 5.87. The summed E-state index contributed by atoms with van der Waals surface area (Å²) in [4.78, 5) is 14.6. The van der Waals surface area contributed by atoms with Crippen LogP contribution in [0.3, 0.4) is 0 Å². The molecule has 0 bridgehead atoms. The average molecular weight is 347 g/mol. The first-order chi connectivity index (χ1) is 9.90. The molecule has 5 nitrogen and oxygen atoms in total. The number of nitrogens with zero attached hydrogens (tertiary/aromatic N) is 1. The second-order valence-electron chi connectivity index (χ2n) is 5.54. The van der Waals surface area contributed by atoms with Gasteiger partial charge in [0.25, 0.3) is 5.91 Å². The molecule has 0 spiro atoms. The Balaban J connectivity index is 0.00000242. The van der Waals surface area contributed by atoms with Crippen LogP contribution in [0, 0.1) is 5.92 Å². The van der Waals surface area contributed by atoms with Crippen molar-refractivity contribution in [2.45, 2.75) is 31.2 Å². The largest absolute Gasteiger partial charge is 0.336 e. The molecule has 2 unspecified atom stereocenters. The van der Waals surface area contributed by atoms with Crippen molar-refractivity contribution in [1.82, 2.24) is 4.90 Å². The highest BCUT2D eigenvalue weighted by Gasteiger charge is 2.34. The van der Waals surface area contributed by atoms with Crippen molar-refractivity contribution in [3.8, 4) is 0 Å². The number of likely N-dealkylation sites (tertiary alicyclic amines) is 1. The summed E-state index contributed by atoms with van der Waals surface area (Å²) in [5.41, 5.74) is 5.95. The molecule has 2 N–H and O–H groups in total. The molecule has 1 aliphatic heterocycles. The van der Waals surface area contributed by atoms with Crippen molar-refractivity contribution >= 4 is 28.2 Å². The number of rotatable bonds is 4. The molecule has 0 aliphatic carbocycles. The number of carbonyl (C=O) groups excluding carboxylic acids is 1. The Morgan fingerprint density at radius 2 is 2.00 bits per heavy atom. The first kappa shape index (κ1) is 18.9. The normalized spacial score (nSPS) is 21.5. The predicted molar refractivity (Wildman–Crippen MR) is 89.1 cm³/mol. The molecule has 7 heteroatoms. The Bertz CT molecular complexity index is 633. The first-order valence-electron chi connectivity index (χ1n) is 7.23. The summed E-state index contributed by atoms with van der Waals surface area (Å²) < 4.78 is 24.3. The van der Waals surface area contributed by atoms with E-state index in [9.17, 15) is 13.2 Å². The molecule has 124 valence electrons. The summed E-state index contributed by atoms with van der Waals surface area (Å²) in [5, 5.41) is 0. The van der Waals surface area contributed by atoms with E-state index >= 15 is 0 Å². The number of nitrogens with two attached hydrogens (primary N) is 1. The lowest BCUT2D eigenvalue weighted by atomic mass is 10.1. The Morgan fingerprint density at radius 1 is 1.36 bits per heavy atom. The highest BCUT2D eigenvalue weighted by atomic mass is 35.5. The molecule has 1 aliphatic rings. The van der Waals surface area contributed by atoms with E-state index < -0.39 is 9.84 Å². The summed E-state index contributed by atoms with van der Waals surface area (Å²) in [6.07, 6.45) is 0.866. The number of hydrogen-bond donors (Lipinski definition) is 1. The smallest absolute Gasteiger partial charge is 0.255 e. The number of halogens is 1. The van der Waals surface area contributed by atoms with Gasteiger partial charge in [-0.1, -0.05) is 19.1 Å². The van der Waals surface area contributed by atoms with E-state index in [2.05, 4.69) is 0 Å². The highest BCUT2D eigenvalue weighted by Crippen LogP contribution is 2.26. The van der Waals surface area contributed by atoms with Crippen molar-refractivity contribution < 1.29 is 13.2 Å². The van der Waals surface area contributed by atoms with E-state index in [1.165, 1.54) is 6.07 Å². The Morgan fingerprint density at radius 3 is 2.55 bits per heavy atom. The molecule has 1 aromatic carbocycles. The van der Waals surface area contributed by atoms with E-state index in [0.29, 0.717) is 19.0 Å². The fourth-order valence-corrected chi connectivity index (χ4v) is 3.91. The number of hydrogen-bond acceptors (Lipinski definition) is 4. The van der Waals surface area contributed by atoms with E-state index in [1.807, 2.05) is 6.92 Å². The van der Waals surface area contributed by atoms with Crippen LogP contribution in [-0.2, 0) is 9.84 Å². The van der Waals surface area contributed by atoms with Crippen LogP contribution >= 0.6 is 12.4 Å². The zero-order valence-electron chi connectivity index (χ0n) is 12.9. The van der Waals surface area contributed by atoms with Gasteiger partial charge in [0.05, 0.1) is 16.2 Å². The predicted octanol–water partition coefficient (Wildman–Crippen LogP) is 1.71. The van der Waals surface area contributed by atoms with E-state index in [4.69, 9.17) is 5.73 Å². The highest BCUT2D eigenvalue weighted by molar-refractivity contribution is 7.91. The zero-order chi connectivity index (χ0) is 15.6. The van der Waals surface area contributed by atoms with Crippen LogP contribution in [0.2, 0.25) is 0 Å². The van der Waals surface area contributed by atoms with Crippen LogP contribution in [0.25, 0.3) is 0 Å². The van der Waals surface area contributed by atoms with Crippen LogP contribution in [0.15, 0.2) is 29.2 Å². The van der Waals surface area contributed by atoms with Crippen LogP contribution in [0.4, 0.5) is 0 Å². The van der Waals surface area contributed by atoms with Gasteiger partial charge in [0, 0.05) is 12.6 Å². The topological polar surface area (TPSA) is 80.5 Å². The lowest BCUT2D eigenvalue weighted by molar-refractivity contribution is 0.0739. The molecular weight excluding hydrogens is 324 g/mol. The first-order valence-corrected chi connectivity index (χ1v) is 8.88. The number of sulfone groups is 1. The number of amides is 1. The van der Waals surface area contributed by atoms with Gasteiger partial charge in [0.2, 0.25) is 0 Å². The summed E-state index contributed by atoms with van der Waals surface area (Å²) in [6, 6.07) is 6.53. The van der Waals surface area contributed by atoms with Gasteiger partial charge in [0.15, 0.2) is 9.84 Å². The minimum absolute atomic E-state index is 0. The monoisotopic (exact) mass is 346 g/mol. The van der Waals surface area contributed by atoms with Crippen LogP contribution in [-0.4, -0.2) is 44.1 Å². The molecule has 2 rings (SSSR count). The molecule has 22 heavy (non-hydrogen) atoms. The van der Waals surface area contributed by atoms with Gasteiger partial charge in [-0.15, -0.1) is 12.4 Å². The molecule has 1 fully saturated rings. The van der Waals surface area contributed by atoms with Gasteiger partial charge in [0.1, 0.15) is 0 Å². The van der Waals surface area contributed by atoms with E-state index in [1.54, 1.807) is 30.0 Å². The van der Waals surface area contributed by atoms with Crippen molar-refractivity contribution in [3.05, 3.63) is 29.8 Å². The van der Waals surface area contributed by atoms with Crippen LogP contribution in [0.5, 0.6) is 0 Å². The Kier molecular flexibility index (Phi) is 6.40. The maximum atomic E-state index is 12.7. The second-order valence-corrected chi connectivity index (χ2v) is 7.79. The molecule has 1 saturated heterocycles. The van der Waals surface area contributed by atoms with Gasteiger partial charge in [-0.2, -0.15) is 0 Å². The fourth-order valence-electron chi connectivity index (χ4n) is 2.82. The molecule has 1 aromatic rings. The molecule has 0 aromatic heterocycles. The maximum Gasteiger partial charge on any atom is 0.255 e.